The molecule has 7 heteroatoms. The van der Waals surface area contributed by atoms with Crippen LogP contribution in [0.5, 0.6) is 11.5 Å². The number of fused-ring (bicyclic) bond motifs is 2. The SMILES string of the molecule is C[C@@H]1C[C@H]2O[C@@]2(C)/C=C\C=C\C(=O)Cc2c(Cl)c(O)cc(O)c2C(=O)O1. The summed E-state index contributed by atoms with van der Waals surface area (Å²) in [5.74, 6) is -2.06. The summed E-state index contributed by atoms with van der Waals surface area (Å²) in [5.41, 5.74) is -0.633. The Morgan fingerprint density at radius 3 is 2.69 bits per heavy atom. The molecule has 0 aliphatic carbocycles. The zero-order valence-electron chi connectivity index (χ0n) is 14.4. The maximum atomic E-state index is 12.6. The quantitative estimate of drug-likeness (QED) is 0.532. The number of hydrogen-bond acceptors (Lipinski definition) is 6. The van der Waals surface area contributed by atoms with Crippen LogP contribution in [0.3, 0.4) is 0 Å². The number of carbonyl (C=O) groups excluding carboxylic acids is 2. The molecule has 1 fully saturated rings. The Balaban J connectivity index is 2.02. The van der Waals surface area contributed by atoms with Gasteiger partial charge in [-0.25, -0.2) is 4.79 Å². The number of esters is 1. The van der Waals surface area contributed by atoms with Crippen LogP contribution in [-0.2, 0) is 20.7 Å². The highest BCUT2D eigenvalue weighted by molar-refractivity contribution is 6.33. The number of hydrogen-bond donors (Lipinski definition) is 2. The van der Waals surface area contributed by atoms with Gasteiger partial charge in [0.1, 0.15) is 28.8 Å². The minimum Gasteiger partial charge on any atom is -0.507 e. The number of carbonyl (C=O) groups is 2. The van der Waals surface area contributed by atoms with Gasteiger partial charge in [-0.2, -0.15) is 0 Å². The van der Waals surface area contributed by atoms with Gasteiger partial charge in [0.25, 0.3) is 0 Å². The van der Waals surface area contributed by atoms with E-state index in [4.69, 9.17) is 21.1 Å². The molecule has 0 radical (unpaired) electrons. The van der Waals surface area contributed by atoms with Crippen molar-refractivity contribution in [2.75, 3.05) is 0 Å². The van der Waals surface area contributed by atoms with Crippen molar-refractivity contribution in [1.82, 2.24) is 0 Å². The summed E-state index contributed by atoms with van der Waals surface area (Å²) in [6, 6.07) is 0.959. The molecule has 0 spiro atoms. The molecule has 0 saturated carbocycles. The van der Waals surface area contributed by atoms with Crippen LogP contribution in [0.1, 0.15) is 36.2 Å². The van der Waals surface area contributed by atoms with E-state index in [0.29, 0.717) is 6.42 Å². The fourth-order valence-electron chi connectivity index (χ4n) is 3.01. The molecule has 1 aromatic rings. The first kappa shape index (κ1) is 18.5. The Kier molecular flexibility index (Phi) is 4.82. The van der Waals surface area contributed by atoms with Gasteiger partial charge in [-0.1, -0.05) is 29.8 Å². The highest BCUT2D eigenvalue weighted by Crippen LogP contribution is 2.41. The smallest absolute Gasteiger partial charge is 0.342 e. The maximum absolute atomic E-state index is 12.6. The summed E-state index contributed by atoms with van der Waals surface area (Å²) in [6.07, 6.45) is 6.12. The molecular weight excluding hydrogens is 360 g/mol. The number of ketones is 1. The largest absolute Gasteiger partial charge is 0.507 e. The third kappa shape index (κ3) is 3.61. The molecule has 0 bridgehead atoms. The third-order valence-electron chi connectivity index (χ3n) is 4.53. The van der Waals surface area contributed by atoms with Crippen LogP contribution in [0.15, 0.2) is 30.4 Å². The Labute approximate surface area is 155 Å². The predicted molar refractivity (Wildman–Crippen MR) is 94.5 cm³/mol. The lowest BCUT2D eigenvalue weighted by Crippen LogP contribution is -2.21. The number of allylic oxidation sites excluding steroid dienone is 3. The topological polar surface area (TPSA) is 96.4 Å². The van der Waals surface area contributed by atoms with Crippen molar-refractivity contribution in [3.63, 3.8) is 0 Å². The standard InChI is InChI=1S/C19H19ClO6/c1-10-7-15-19(2,26-15)6-4-3-5-11(21)8-12-16(18(24)25-10)13(22)9-14(23)17(12)20/h3-6,9-10,15,22-23H,7-8H2,1-2H3/b5-3+,6-4-/t10-,15-,19+/m1/s1. The van der Waals surface area contributed by atoms with Crippen molar-refractivity contribution >= 4 is 23.4 Å². The minimum atomic E-state index is -0.807. The van der Waals surface area contributed by atoms with Gasteiger partial charge in [0, 0.05) is 24.5 Å². The van der Waals surface area contributed by atoms with E-state index in [1.54, 1.807) is 19.1 Å². The molecule has 2 heterocycles. The molecule has 138 valence electrons. The van der Waals surface area contributed by atoms with E-state index in [1.807, 2.05) is 13.0 Å². The first-order valence-electron chi connectivity index (χ1n) is 8.22. The molecule has 1 saturated heterocycles. The van der Waals surface area contributed by atoms with Gasteiger partial charge in [-0.15, -0.1) is 0 Å². The van der Waals surface area contributed by atoms with E-state index in [1.165, 1.54) is 6.08 Å². The first-order chi connectivity index (χ1) is 12.2. The van der Waals surface area contributed by atoms with Crippen molar-refractivity contribution < 1.29 is 29.3 Å². The second-order valence-corrected chi connectivity index (χ2v) is 7.06. The fourth-order valence-corrected chi connectivity index (χ4v) is 3.23. The van der Waals surface area contributed by atoms with Crippen LogP contribution in [-0.4, -0.2) is 39.8 Å². The highest BCUT2D eigenvalue weighted by atomic mass is 35.5. The van der Waals surface area contributed by atoms with Crippen LogP contribution in [0, 0.1) is 0 Å². The summed E-state index contributed by atoms with van der Waals surface area (Å²) >= 11 is 6.07. The molecule has 2 aliphatic rings. The van der Waals surface area contributed by atoms with Gasteiger partial charge in [-0.3, -0.25) is 4.79 Å². The summed E-state index contributed by atoms with van der Waals surface area (Å²) < 4.78 is 11.0. The number of rotatable bonds is 0. The van der Waals surface area contributed by atoms with Crippen molar-refractivity contribution in [2.45, 2.75) is 44.5 Å². The van der Waals surface area contributed by atoms with E-state index in [2.05, 4.69) is 0 Å². The average molecular weight is 379 g/mol. The lowest BCUT2D eigenvalue weighted by Gasteiger charge is -2.17. The summed E-state index contributed by atoms with van der Waals surface area (Å²) in [4.78, 5) is 24.8. The monoisotopic (exact) mass is 378 g/mol. The van der Waals surface area contributed by atoms with Crippen LogP contribution >= 0.6 is 11.6 Å². The van der Waals surface area contributed by atoms with Gasteiger partial charge < -0.3 is 19.7 Å². The number of cyclic esters (lactones) is 1. The molecule has 1 aromatic carbocycles. The zero-order chi connectivity index (χ0) is 19.1. The number of aromatic hydroxyl groups is 2. The van der Waals surface area contributed by atoms with Crippen molar-refractivity contribution in [3.05, 3.63) is 46.5 Å². The number of ether oxygens (including phenoxy) is 2. The normalized spacial score (nSPS) is 31.2. The van der Waals surface area contributed by atoms with Crippen LogP contribution in [0.25, 0.3) is 0 Å². The van der Waals surface area contributed by atoms with Crippen LogP contribution < -0.4 is 0 Å². The third-order valence-corrected chi connectivity index (χ3v) is 4.95. The molecular formula is C19H19ClO6. The number of benzene rings is 1. The summed E-state index contributed by atoms with van der Waals surface area (Å²) in [6.45, 7) is 3.63. The number of phenols is 2. The average Bonchev–Trinajstić information content (AvgIpc) is 3.17. The molecule has 0 unspecified atom stereocenters. The second kappa shape index (κ2) is 6.78. The number of epoxide rings is 1. The highest BCUT2D eigenvalue weighted by Gasteiger charge is 2.50. The van der Waals surface area contributed by atoms with E-state index in [-0.39, 0.29) is 34.5 Å². The van der Waals surface area contributed by atoms with Crippen molar-refractivity contribution in [2.24, 2.45) is 0 Å². The Hall–Kier alpha value is -2.31. The molecule has 26 heavy (non-hydrogen) atoms. The molecule has 6 nitrogen and oxygen atoms in total. The number of phenolic OH excluding ortho intramolecular Hbond substituents is 2. The second-order valence-electron chi connectivity index (χ2n) is 6.69. The number of halogens is 1. The van der Waals surface area contributed by atoms with Crippen LogP contribution in [0.4, 0.5) is 0 Å². The zero-order valence-corrected chi connectivity index (χ0v) is 15.1. The molecule has 2 aliphatic heterocycles. The molecule has 3 atom stereocenters. The Morgan fingerprint density at radius 2 is 1.96 bits per heavy atom. The fraction of sp³-hybridized carbons (Fsp3) is 0.368. The van der Waals surface area contributed by atoms with E-state index in [0.717, 1.165) is 6.07 Å². The van der Waals surface area contributed by atoms with Gasteiger partial charge in [0.15, 0.2) is 5.78 Å². The lowest BCUT2D eigenvalue weighted by atomic mass is 9.99. The summed E-state index contributed by atoms with van der Waals surface area (Å²) in [5, 5.41) is 19.8. The molecule has 2 N–H and O–H groups in total. The van der Waals surface area contributed by atoms with Crippen molar-refractivity contribution in [1.29, 1.82) is 0 Å². The molecule has 0 amide bonds. The first-order valence-corrected chi connectivity index (χ1v) is 8.60. The Bertz CT molecular complexity index is 828. The van der Waals surface area contributed by atoms with Gasteiger partial charge in [0.05, 0.1) is 11.1 Å². The minimum absolute atomic E-state index is 0.0320. The van der Waals surface area contributed by atoms with E-state index in [9.17, 15) is 19.8 Å². The van der Waals surface area contributed by atoms with Gasteiger partial charge in [0.2, 0.25) is 0 Å². The predicted octanol–water partition coefficient (Wildman–Crippen LogP) is 3.08. The lowest BCUT2D eigenvalue weighted by molar-refractivity contribution is -0.114. The van der Waals surface area contributed by atoms with E-state index < -0.39 is 29.2 Å². The van der Waals surface area contributed by atoms with Gasteiger partial charge in [-0.05, 0) is 19.9 Å². The maximum Gasteiger partial charge on any atom is 0.342 e. The van der Waals surface area contributed by atoms with Crippen LogP contribution in [0.2, 0.25) is 5.02 Å². The van der Waals surface area contributed by atoms with Crippen molar-refractivity contribution in [3.8, 4) is 11.5 Å². The molecule has 3 rings (SSSR count). The van der Waals surface area contributed by atoms with Gasteiger partial charge >= 0.3 is 5.97 Å². The van der Waals surface area contributed by atoms with E-state index >= 15 is 0 Å². The molecule has 0 aromatic heterocycles. The summed E-state index contributed by atoms with van der Waals surface area (Å²) in [7, 11) is 0. The Morgan fingerprint density at radius 1 is 1.23 bits per heavy atom.